The van der Waals surface area contributed by atoms with E-state index in [4.69, 9.17) is 14.5 Å². The molecule has 296 valence electrons. The van der Waals surface area contributed by atoms with Gasteiger partial charge in [-0.15, -0.1) is 0 Å². The molecule has 0 spiro atoms. The number of H-pyrrole nitrogens is 2. The van der Waals surface area contributed by atoms with Crippen molar-refractivity contribution in [3.8, 4) is 33.6 Å². The third-order valence-corrected chi connectivity index (χ3v) is 12.2. The highest BCUT2D eigenvalue weighted by Gasteiger charge is 2.52. The van der Waals surface area contributed by atoms with Gasteiger partial charge in [-0.25, -0.2) is 19.7 Å². The van der Waals surface area contributed by atoms with Gasteiger partial charge in [0.1, 0.15) is 17.7 Å². The summed E-state index contributed by atoms with van der Waals surface area (Å²) < 4.78 is 24.3. The number of nitrogens with one attached hydrogen (secondary N) is 4. The monoisotopic (exact) mass is 774 g/mol. The van der Waals surface area contributed by atoms with Gasteiger partial charge in [0.15, 0.2) is 0 Å². The van der Waals surface area contributed by atoms with Gasteiger partial charge in [0.25, 0.3) is 0 Å². The summed E-state index contributed by atoms with van der Waals surface area (Å²) in [5.41, 5.74) is 6.19. The van der Waals surface area contributed by atoms with Crippen LogP contribution in [0.4, 0.5) is 9.18 Å². The molecule has 4 heterocycles. The van der Waals surface area contributed by atoms with E-state index in [2.05, 4.69) is 67.0 Å². The van der Waals surface area contributed by atoms with Crippen LogP contribution < -0.4 is 10.6 Å². The average molecular weight is 775 g/mol. The van der Waals surface area contributed by atoms with Crippen LogP contribution in [0.15, 0.2) is 79.3 Å². The highest BCUT2D eigenvalue weighted by atomic mass is 19.1. The van der Waals surface area contributed by atoms with Gasteiger partial charge in [-0.1, -0.05) is 54.6 Å². The predicted molar refractivity (Wildman–Crippen MR) is 210 cm³/mol. The normalized spacial score (nSPS) is 22.3. The van der Waals surface area contributed by atoms with Crippen LogP contribution >= 0.6 is 0 Å². The Hall–Kier alpha value is -5.89. The third-order valence-electron chi connectivity index (χ3n) is 12.2. The number of ether oxygens (including phenoxy) is 2. The first-order chi connectivity index (χ1) is 27.7. The molecule has 1 aliphatic heterocycles. The lowest BCUT2D eigenvalue weighted by atomic mass is 9.78. The Balaban J connectivity index is 0.918. The SMILES string of the molecule is COC(=O)N[C@H](C(=O)N1CCC[C@H]1c1ncc(-c2ccc(-c3ccc(-c4cnc([C@H]5C6CCC(C6)[C@@H]5C(=O)NCc5cccnc5F)[nH]4)cc3)cc2)[nH]1)[C@@H](C)OC. The number of halogens is 1. The summed E-state index contributed by atoms with van der Waals surface area (Å²) in [6, 6.07) is 18.7. The summed E-state index contributed by atoms with van der Waals surface area (Å²) in [5.74, 6) is 1.13. The lowest BCUT2D eigenvalue weighted by molar-refractivity contribution is -0.137. The van der Waals surface area contributed by atoms with E-state index >= 15 is 0 Å². The zero-order valence-electron chi connectivity index (χ0n) is 32.2. The minimum Gasteiger partial charge on any atom is -0.453 e. The van der Waals surface area contributed by atoms with Crippen molar-refractivity contribution in [2.75, 3.05) is 20.8 Å². The summed E-state index contributed by atoms with van der Waals surface area (Å²) in [6.07, 6.45) is 8.45. The molecule has 4 N–H and O–H groups in total. The summed E-state index contributed by atoms with van der Waals surface area (Å²) in [6.45, 7) is 2.39. The molecule has 7 atom stereocenters. The molecule has 8 rings (SSSR count). The second kappa shape index (κ2) is 16.3. The largest absolute Gasteiger partial charge is 0.453 e. The number of amides is 3. The van der Waals surface area contributed by atoms with Crippen LogP contribution in [0.5, 0.6) is 0 Å². The van der Waals surface area contributed by atoms with E-state index < -0.39 is 24.2 Å². The number of aromatic amines is 2. The summed E-state index contributed by atoms with van der Waals surface area (Å²) >= 11 is 0. The summed E-state index contributed by atoms with van der Waals surface area (Å²) in [5, 5.41) is 5.60. The van der Waals surface area contributed by atoms with E-state index in [0.29, 0.717) is 29.8 Å². The lowest BCUT2D eigenvalue weighted by Gasteiger charge is -2.30. The van der Waals surface area contributed by atoms with Crippen LogP contribution in [-0.2, 0) is 25.6 Å². The number of imidazole rings is 2. The number of fused-ring (bicyclic) bond motifs is 2. The van der Waals surface area contributed by atoms with E-state index in [1.807, 2.05) is 18.3 Å². The predicted octanol–water partition coefficient (Wildman–Crippen LogP) is 6.54. The maximum absolute atomic E-state index is 14.1. The molecule has 57 heavy (non-hydrogen) atoms. The number of methoxy groups -OCH3 is 2. The van der Waals surface area contributed by atoms with Gasteiger partial charge in [0.2, 0.25) is 17.8 Å². The molecule has 2 aromatic carbocycles. The molecule has 2 aliphatic carbocycles. The highest BCUT2D eigenvalue weighted by molar-refractivity contribution is 5.87. The van der Waals surface area contributed by atoms with Crippen molar-refractivity contribution >= 4 is 17.9 Å². The van der Waals surface area contributed by atoms with Crippen molar-refractivity contribution in [2.45, 2.75) is 69.7 Å². The van der Waals surface area contributed by atoms with Crippen molar-refractivity contribution in [2.24, 2.45) is 17.8 Å². The topological polar surface area (TPSA) is 167 Å². The van der Waals surface area contributed by atoms with Crippen LogP contribution in [0, 0.1) is 23.7 Å². The van der Waals surface area contributed by atoms with E-state index in [1.54, 1.807) is 30.2 Å². The summed E-state index contributed by atoms with van der Waals surface area (Å²) in [4.78, 5) is 61.0. The first-order valence-electron chi connectivity index (χ1n) is 19.6. The molecule has 2 unspecified atom stereocenters. The van der Waals surface area contributed by atoms with E-state index in [1.165, 1.54) is 20.4 Å². The number of carbonyl (C=O) groups is 3. The first-order valence-corrected chi connectivity index (χ1v) is 19.6. The number of alkyl carbamates (subject to hydrolysis) is 1. The Morgan fingerprint density at radius 3 is 2.14 bits per heavy atom. The molecule has 13 nitrogen and oxygen atoms in total. The maximum atomic E-state index is 14.1. The smallest absolute Gasteiger partial charge is 0.407 e. The molecule has 1 saturated heterocycles. The molecule has 3 amide bonds. The van der Waals surface area contributed by atoms with Crippen molar-refractivity contribution in [1.29, 1.82) is 0 Å². The molecule has 14 heteroatoms. The van der Waals surface area contributed by atoms with Crippen LogP contribution in [0.1, 0.15) is 68.2 Å². The molecule has 2 bridgehead atoms. The third kappa shape index (κ3) is 7.65. The fourth-order valence-corrected chi connectivity index (χ4v) is 9.10. The average Bonchev–Trinajstić information content (AvgIpc) is 4.10. The second-order valence-electron chi connectivity index (χ2n) is 15.3. The minimum atomic E-state index is -0.894. The first kappa shape index (κ1) is 38.0. The van der Waals surface area contributed by atoms with Crippen molar-refractivity contribution in [3.05, 3.63) is 102 Å². The Morgan fingerprint density at radius 1 is 0.860 bits per heavy atom. The molecule has 0 radical (unpaired) electrons. The lowest BCUT2D eigenvalue weighted by Crippen LogP contribution is -2.54. The van der Waals surface area contributed by atoms with Gasteiger partial charge in [-0.3, -0.25) is 9.59 Å². The molecule has 3 aliphatic rings. The molecule has 3 fully saturated rings. The Labute approximate surface area is 330 Å². The zero-order chi connectivity index (χ0) is 39.6. The Kier molecular flexibility index (Phi) is 10.9. The molecular formula is C43H47FN8O5. The number of likely N-dealkylation sites (tertiary alicyclic amines) is 1. The zero-order valence-corrected chi connectivity index (χ0v) is 32.2. The van der Waals surface area contributed by atoms with Crippen LogP contribution in [0.25, 0.3) is 33.6 Å². The van der Waals surface area contributed by atoms with Crippen molar-refractivity contribution in [1.82, 2.24) is 40.5 Å². The fraction of sp³-hybridized carbons (Fsp3) is 0.395. The van der Waals surface area contributed by atoms with Crippen LogP contribution in [-0.4, -0.2) is 80.6 Å². The van der Waals surface area contributed by atoms with Gasteiger partial charge in [0, 0.05) is 37.9 Å². The number of pyridine rings is 1. The number of aromatic nitrogens is 5. The van der Waals surface area contributed by atoms with Crippen LogP contribution in [0.3, 0.4) is 0 Å². The van der Waals surface area contributed by atoms with E-state index in [9.17, 15) is 18.8 Å². The molecule has 2 saturated carbocycles. The number of hydrogen-bond donors (Lipinski definition) is 4. The molecule has 5 aromatic rings. The van der Waals surface area contributed by atoms with Crippen molar-refractivity contribution in [3.63, 3.8) is 0 Å². The number of carbonyl (C=O) groups excluding carboxylic acids is 3. The number of nitrogens with zero attached hydrogens (tertiary/aromatic N) is 4. The quantitative estimate of drug-likeness (QED) is 0.104. The number of benzene rings is 2. The minimum absolute atomic E-state index is 0.00742. The van der Waals surface area contributed by atoms with E-state index in [0.717, 1.165) is 71.6 Å². The van der Waals surface area contributed by atoms with Gasteiger partial charge in [-0.2, -0.15) is 4.39 Å². The molecule has 3 aromatic heterocycles. The molecular weight excluding hydrogens is 728 g/mol. The van der Waals surface area contributed by atoms with Gasteiger partial charge in [0.05, 0.1) is 49.0 Å². The maximum Gasteiger partial charge on any atom is 0.407 e. The van der Waals surface area contributed by atoms with Crippen LogP contribution in [0.2, 0.25) is 0 Å². The second-order valence-corrected chi connectivity index (χ2v) is 15.3. The number of hydrogen-bond acceptors (Lipinski definition) is 8. The van der Waals surface area contributed by atoms with E-state index in [-0.39, 0.29) is 36.2 Å². The standard InChI is InChI=1S/C43H47FN8O5/c1-24(56-2)37(51-43(55)57-3)42(54)52-19-5-7-34(52)39-46-22-32(49-39)27-12-8-25(9-13-27)26-10-14-28(15-11-26)33-23-47-40(50-33)35-29-16-17-30(20-29)36(35)41(53)48-21-31-6-4-18-45-38(31)44/h4,6,8-15,18,22-24,29-30,34-37H,5,7,16-17,19-21H2,1-3H3,(H,46,49)(H,47,50)(H,48,53)(H,51,55)/t24-,29?,30?,34+,35+,36+,37+/m1/s1. The fourth-order valence-electron chi connectivity index (χ4n) is 9.10. The van der Waals surface area contributed by atoms with Crippen molar-refractivity contribution < 1.29 is 28.2 Å². The van der Waals surface area contributed by atoms with Gasteiger partial charge in [-0.05, 0) is 79.2 Å². The Morgan fingerprint density at radius 2 is 1.49 bits per heavy atom. The Bertz CT molecular complexity index is 2220. The number of rotatable bonds is 12. The van der Waals surface area contributed by atoms with Gasteiger partial charge >= 0.3 is 6.09 Å². The highest BCUT2D eigenvalue weighted by Crippen LogP contribution is 2.56. The summed E-state index contributed by atoms with van der Waals surface area (Å²) in [7, 11) is 2.76. The van der Waals surface area contributed by atoms with Gasteiger partial charge < -0.3 is 35.0 Å².